The molecule has 1 aromatic carbocycles. The standard InChI is InChI=1S/C15H13NO2/c17-13-6-5-11-9-10-3-1-7-16-8-2-4-12(14(10)16)15(11)18-13/h1,3,5-6,9H,2,4,7-8H2. The molecule has 4 rings (SSSR count). The molecule has 0 saturated heterocycles. The van der Waals surface area contributed by atoms with Crippen LogP contribution in [0.15, 0.2) is 33.5 Å². The van der Waals surface area contributed by atoms with E-state index in [9.17, 15) is 4.79 Å². The molecule has 0 atom stereocenters. The Labute approximate surface area is 104 Å². The van der Waals surface area contributed by atoms with E-state index >= 15 is 0 Å². The lowest BCUT2D eigenvalue weighted by molar-refractivity contribution is 0.553. The minimum atomic E-state index is -0.262. The molecule has 0 N–H and O–H groups in total. The van der Waals surface area contributed by atoms with Crippen LogP contribution in [0.5, 0.6) is 0 Å². The molecule has 0 amide bonds. The highest BCUT2D eigenvalue weighted by atomic mass is 16.4. The van der Waals surface area contributed by atoms with E-state index in [1.165, 1.54) is 22.9 Å². The Morgan fingerprint density at radius 3 is 3.17 bits per heavy atom. The van der Waals surface area contributed by atoms with Gasteiger partial charge in [0.1, 0.15) is 5.58 Å². The van der Waals surface area contributed by atoms with Gasteiger partial charge in [0.2, 0.25) is 0 Å². The number of hydrogen-bond donors (Lipinski definition) is 0. The SMILES string of the molecule is O=c1ccc2cc3c4c(c2o1)CCCN4CC=C3. The Hall–Kier alpha value is -2.03. The topological polar surface area (TPSA) is 33.5 Å². The lowest BCUT2D eigenvalue weighted by atomic mass is 9.93. The summed E-state index contributed by atoms with van der Waals surface area (Å²) in [6.45, 7) is 2.05. The average Bonchev–Trinajstić information content (AvgIpc) is 2.40. The first-order valence-corrected chi connectivity index (χ1v) is 6.34. The van der Waals surface area contributed by atoms with Crippen molar-refractivity contribution in [3.05, 3.63) is 45.8 Å². The zero-order valence-electron chi connectivity index (χ0n) is 9.98. The van der Waals surface area contributed by atoms with Gasteiger partial charge < -0.3 is 9.32 Å². The van der Waals surface area contributed by atoms with Crippen LogP contribution in [0.1, 0.15) is 17.5 Å². The second-order valence-electron chi connectivity index (χ2n) is 4.92. The molecule has 0 radical (unpaired) electrons. The van der Waals surface area contributed by atoms with E-state index in [-0.39, 0.29) is 5.63 Å². The van der Waals surface area contributed by atoms with E-state index in [1.807, 2.05) is 6.07 Å². The van der Waals surface area contributed by atoms with E-state index in [2.05, 4.69) is 23.1 Å². The third kappa shape index (κ3) is 1.27. The van der Waals surface area contributed by atoms with Gasteiger partial charge in [0.05, 0.1) is 5.69 Å². The van der Waals surface area contributed by atoms with Gasteiger partial charge in [-0.25, -0.2) is 4.79 Å². The van der Waals surface area contributed by atoms with Crippen LogP contribution in [0.25, 0.3) is 17.0 Å². The second-order valence-corrected chi connectivity index (χ2v) is 4.92. The van der Waals surface area contributed by atoms with Crippen LogP contribution in [0.4, 0.5) is 5.69 Å². The summed E-state index contributed by atoms with van der Waals surface area (Å²) in [5.41, 5.74) is 4.24. The van der Waals surface area contributed by atoms with Crippen LogP contribution in [-0.2, 0) is 6.42 Å². The quantitative estimate of drug-likeness (QED) is 0.662. The third-order valence-corrected chi connectivity index (χ3v) is 3.80. The van der Waals surface area contributed by atoms with Crippen molar-refractivity contribution in [2.45, 2.75) is 12.8 Å². The molecule has 0 bridgehead atoms. The minimum absolute atomic E-state index is 0.262. The summed E-state index contributed by atoms with van der Waals surface area (Å²) in [5.74, 6) is 0. The molecule has 90 valence electrons. The van der Waals surface area contributed by atoms with Gasteiger partial charge in [-0.15, -0.1) is 0 Å². The van der Waals surface area contributed by atoms with E-state index in [4.69, 9.17) is 4.42 Å². The van der Waals surface area contributed by atoms with Gasteiger partial charge in [-0.05, 0) is 30.5 Å². The molecule has 1 aromatic heterocycles. The first-order chi connectivity index (χ1) is 8.83. The van der Waals surface area contributed by atoms with Crippen molar-refractivity contribution < 1.29 is 4.42 Å². The van der Waals surface area contributed by atoms with Crippen molar-refractivity contribution in [1.82, 2.24) is 0 Å². The van der Waals surface area contributed by atoms with Crippen molar-refractivity contribution in [3.8, 4) is 0 Å². The minimum Gasteiger partial charge on any atom is -0.422 e. The lowest BCUT2D eigenvalue weighted by Gasteiger charge is -2.34. The molecule has 0 spiro atoms. The largest absolute Gasteiger partial charge is 0.422 e. The van der Waals surface area contributed by atoms with Crippen LogP contribution >= 0.6 is 0 Å². The summed E-state index contributed by atoms with van der Waals surface area (Å²) in [4.78, 5) is 13.8. The predicted octanol–water partition coefficient (Wildman–Crippen LogP) is 2.57. The van der Waals surface area contributed by atoms with Gasteiger partial charge in [-0.3, -0.25) is 0 Å². The molecule has 0 saturated carbocycles. The van der Waals surface area contributed by atoms with Gasteiger partial charge in [0.15, 0.2) is 0 Å². The van der Waals surface area contributed by atoms with Gasteiger partial charge in [-0.2, -0.15) is 0 Å². The molecular formula is C15H13NO2. The molecule has 0 fully saturated rings. The highest BCUT2D eigenvalue weighted by Gasteiger charge is 2.24. The van der Waals surface area contributed by atoms with Crippen molar-refractivity contribution in [2.24, 2.45) is 0 Å². The number of fused-ring (bicyclic) bond motifs is 2. The highest BCUT2D eigenvalue weighted by Crippen LogP contribution is 2.38. The first-order valence-electron chi connectivity index (χ1n) is 6.34. The molecule has 3 heterocycles. The van der Waals surface area contributed by atoms with Crippen LogP contribution < -0.4 is 10.5 Å². The smallest absolute Gasteiger partial charge is 0.336 e. The van der Waals surface area contributed by atoms with Crippen LogP contribution in [0.3, 0.4) is 0 Å². The maximum absolute atomic E-state index is 11.4. The Morgan fingerprint density at radius 2 is 2.22 bits per heavy atom. The normalized spacial score (nSPS) is 17.0. The molecule has 0 unspecified atom stereocenters. The van der Waals surface area contributed by atoms with Gasteiger partial charge in [0, 0.05) is 30.1 Å². The molecule has 2 aromatic rings. The summed E-state index contributed by atoms with van der Waals surface area (Å²) >= 11 is 0. The number of anilines is 1. The first kappa shape index (κ1) is 9.95. The number of benzene rings is 1. The molecule has 0 aliphatic carbocycles. The zero-order valence-corrected chi connectivity index (χ0v) is 9.98. The Kier molecular flexibility index (Phi) is 1.92. The van der Waals surface area contributed by atoms with E-state index in [0.717, 1.165) is 36.9 Å². The molecule has 18 heavy (non-hydrogen) atoms. The van der Waals surface area contributed by atoms with Gasteiger partial charge in [-0.1, -0.05) is 12.2 Å². The maximum atomic E-state index is 11.4. The summed E-state index contributed by atoms with van der Waals surface area (Å²) in [7, 11) is 0. The second kappa shape index (κ2) is 3.48. The monoisotopic (exact) mass is 239 g/mol. The predicted molar refractivity (Wildman–Crippen MR) is 72.1 cm³/mol. The summed E-state index contributed by atoms with van der Waals surface area (Å²) in [5, 5.41) is 1.02. The Bertz CT molecular complexity index is 727. The van der Waals surface area contributed by atoms with Crippen molar-refractivity contribution in [2.75, 3.05) is 18.0 Å². The highest BCUT2D eigenvalue weighted by molar-refractivity contribution is 5.92. The van der Waals surface area contributed by atoms with E-state index in [0.29, 0.717) is 0 Å². The fraction of sp³-hybridized carbons (Fsp3) is 0.267. The fourth-order valence-corrected chi connectivity index (χ4v) is 3.07. The maximum Gasteiger partial charge on any atom is 0.336 e. The van der Waals surface area contributed by atoms with Crippen LogP contribution in [0, 0.1) is 0 Å². The molecule has 3 heteroatoms. The molecular weight excluding hydrogens is 226 g/mol. The lowest BCUT2D eigenvalue weighted by Crippen LogP contribution is -2.31. The summed E-state index contributed by atoms with van der Waals surface area (Å²) < 4.78 is 5.43. The zero-order chi connectivity index (χ0) is 12.1. The van der Waals surface area contributed by atoms with Crippen molar-refractivity contribution in [3.63, 3.8) is 0 Å². The average molecular weight is 239 g/mol. The van der Waals surface area contributed by atoms with Crippen molar-refractivity contribution >= 4 is 22.7 Å². The summed E-state index contributed by atoms with van der Waals surface area (Å²) in [6, 6.07) is 5.47. The number of rotatable bonds is 0. The number of nitrogens with zero attached hydrogens (tertiary/aromatic N) is 1. The summed E-state index contributed by atoms with van der Waals surface area (Å²) in [6.07, 6.45) is 6.49. The van der Waals surface area contributed by atoms with Crippen LogP contribution in [-0.4, -0.2) is 13.1 Å². The van der Waals surface area contributed by atoms with E-state index in [1.54, 1.807) is 0 Å². The van der Waals surface area contributed by atoms with Gasteiger partial charge in [0.25, 0.3) is 0 Å². The Balaban J connectivity index is 2.16. The molecule has 2 aliphatic rings. The van der Waals surface area contributed by atoms with E-state index < -0.39 is 0 Å². The number of aryl methyl sites for hydroxylation is 1. The fourth-order valence-electron chi connectivity index (χ4n) is 3.07. The molecule has 3 nitrogen and oxygen atoms in total. The molecule has 2 aliphatic heterocycles. The Morgan fingerprint density at radius 1 is 1.28 bits per heavy atom. The van der Waals surface area contributed by atoms with Crippen molar-refractivity contribution in [1.29, 1.82) is 0 Å². The van der Waals surface area contributed by atoms with Crippen LogP contribution in [0.2, 0.25) is 0 Å². The third-order valence-electron chi connectivity index (χ3n) is 3.80. The number of hydrogen-bond acceptors (Lipinski definition) is 3. The van der Waals surface area contributed by atoms with Gasteiger partial charge >= 0.3 is 5.63 Å².